The molecule has 1 amide bonds. The van der Waals surface area contributed by atoms with Gasteiger partial charge in [-0.3, -0.25) is 4.79 Å². The Morgan fingerprint density at radius 3 is 2.77 bits per heavy atom. The third-order valence-electron chi connectivity index (χ3n) is 2.76. The molecule has 0 aromatic heterocycles. The second kappa shape index (κ2) is 7.61. The summed E-state index contributed by atoms with van der Waals surface area (Å²) in [7, 11) is 0. The molecule has 2 aromatic rings. The van der Waals surface area contributed by atoms with Crippen LogP contribution in [0.15, 0.2) is 52.0 Å². The van der Waals surface area contributed by atoms with Crippen molar-refractivity contribution in [1.29, 1.82) is 0 Å². The van der Waals surface area contributed by atoms with Gasteiger partial charge in [0.15, 0.2) is 6.61 Å². The first-order valence-corrected chi connectivity index (χ1v) is 7.34. The van der Waals surface area contributed by atoms with Crippen molar-refractivity contribution < 1.29 is 14.6 Å². The molecule has 0 aliphatic heterocycles. The maximum atomic E-state index is 11.6. The lowest BCUT2D eigenvalue weighted by molar-refractivity contribution is -0.123. The van der Waals surface area contributed by atoms with E-state index in [4.69, 9.17) is 4.74 Å². The molecule has 2 N–H and O–H groups in total. The topological polar surface area (TPSA) is 70.9 Å². The summed E-state index contributed by atoms with van der Waals surface area (Å²) in [4.78, 5) is 11.6. The molecule has 0 fully saturated rings. The Balaban J connectivity index is 1.83. The zero-order valence-electron chi connectivity index (χ0n) is 11.9. The smallest absolute Gasteiger partial charge is 0.277 e. The van der Waals surface area contributed by atoms with Crippen molar-refractivity contribution in [3.8, 4) is 11.5 Å². The van der Waals surface area contributed by atoms with E-state index in [0.29, 0.717) is 11.3 Å². The van der Waals surface area contributed by atoms with Crippen molar-refractivity contribution in [2.24, 2.45) is 5.10 Å². The number of halogens is 1. The minimum absolute atomic E-state index is 0.106. The number of phenolic OH excluding ortho intramolecular Hbond substituents is 1. The summed E-state index contributed by atoms with van der Waals surface area (Å²) < 4.78 is 6.25. The van der Waals surface area contributed by atoms with E-state index >= 15 is 0 Å². The molecule has 22 heavy (non-hydrogen) atoms. The molecule has 6 heteroatoms. The summed E-state index contributed by atoms with van der Waals surface area (Å²) in [6.07, 6.45) is 1.39. The van der Waals surface area contributed by atoms with Crippen molar-refractivity contribution in [3.63, 3.8) is 0 Å². The highest BCUT2D eigenvalue weighted by molar-refractivity contribution is 9.10. The molecule has 0 unspecified atom stereocenters. The van der Waals surface area contributed by atoms with Gasteiger partial charge in [0.2, 0.25) is 0 Å². The van der Waals surface area contributed by atoms with Crippen LogP contribution in [0.4, 0.5) is 0 Å². The number of amides is 1. The van der Waals surface area contributed by atoms with E-state index in [1.165, 1.54) is 6.21 Å². The summed E-state index contributed by atoms with van der Waals surface area (Å²) in [5.74, 6) is 0.319. The van der Waals surface area contributed by atoms with E-state index in [0.717, 1.165) is 10.0 Å². The first kappa shape index (κ1) is 16.0. The predicted octanol–water partition coefficient (Wildman–Crippen LogP) is 2.99. The number of rotatable bonds is 5. The fraction of sp³-hybridized carbons (Fsp3) is 0.125. The average molecular weight is 363 g/mol. The van der Waals surface area contributed by atoms with Gasteiger partial charge in [-0.05, 0) is 43.3 Å². The predicted molar refractivity (Wildman–Crippen MR) is 88.2 cm³/mol. The van der Waals surface area contributed by atoms with Gasteiger partial charge in [-0.2, -0.15) is 5.10 Å². The number of carbonyl (C=O) groups excluding carboxylic acids is 1. The number of aromatic hydroxyl groups is 1. The van der Waals surface area contributed by atoms with E-state index in [1.807, 2.05) is 19.1 Å². The van der Waals surface area contributed by atoms with Gasteiger partial charge in [-0.1, -0.05) is 27.6 Å². The second-order valence-electron chi connectivity index (χ2n) is 4.60. The number of benzene rings is 2. The van der Waals surface area contributed by atoms with Gasteiger partial charge in [-0.15, -0.1) is 0 Å². The molecule has 0 aliphatic carbocycles. The average Bonchev–Trinajstić information content (AvgIpc) is 2.50. The van der Waals surface area contributed by atoms with Crippen LogP contribution in [0.5, 0.6) is 11.5 Å². The van der Waals surface area contributed by atoms with Gasteiger partial charge in [0.25, 0.3) is 5.91 Å². The Morgan fingerprint density at radius 2 is 2.05 bits per heavy atom. The third kappa shape index (κ3) is 4.89. The largest absolute Gasteiger partial charge is 0.507 e. The molecule has 0 radical (unpaired) electrons. The normalized spacial score (nSPS) is 10.6. The van der Waals surface area contributed by atoms with Crippen LogP contribution in [0.3, 0.4) is 0 Å². The number of phenols is 1. The van der Waals surface area contributed by atoms with E-state index in [1.54, 1.807) is 30.3 Å². The van der Waals surface area contributed by atoms with Crippen molar-refractivity contribution in [3.05, 3.63) is 58.1 Å². The number of hydrazone groups is 1. The number of hydrogen-bond donors (Lipinski definition) is 2. The van der Waals surface area contributed by atoms with Gasteiger partial charge in [0.05, 0.1) is 6.21 Å². The van der Waals surface area contributed by atoms with E-state index in [-0.39, 0.29) is 18.3 Å². The van der Waals surface area contributed by atoms with Crippen LogP contribution < -0.4 is 10.2 Å². The fourth-order valence-corrected chi connectivity index (χ4v) is 1.93. The van der Waals surface area contributed by atoms with Crippen LogP contribution in [0.1, 0.15) is 11.1 Å². The molecule has 0 saturated carbocycles. The van der Waals surface area contributed by atoms with Crippen molar-refractivity contribution in [2.45, 2.75) is 6.92 Å². The number of carbonyl (C=O) groups is 1. The number of nitrogens with one attached hydrogen (secondary N) is 1. The van der Waals surface area contributed by atoms with Gasteiger partial charge in [0.1, 0.15) is 11.5 Å². The van der Waals surface area contributed by atoms with E-state index < -0.39 is 0 Å². The monoisotopic (exact) mass is 362 g/mol. The maximum Gasteiger partial charge on any atom is 0.277 e. The van der Waals surface area contributed by atoms with Crippen molar-refractivity contribution >= 4 is 28.1 Å². The summed E-state index contributed by atoms with van der Waals surface area (Å²) in [5.41, 5.74) is 3.87. The van der Waals surface area contributed by atoms with E-state index in [9.17, 15) is 9.90 Å². The van der Waals surface area contributed by atoms with Gasteiger partial charge in [0, 0.05) is 10.0 Å². The van der Waals surface area contributed by atoms with Crippen molar-refractivity contribution in [2.75, 3.05) is 6.61 Å². The Bertz CT molecular complexity index is 684. The minimum atomic E-state index is -0.383. The second-order valence-corrected chi connectivity index (χ2v) is 5.51. The summed E-state index contributed by atoms with van der Waals surface area (Å²) >= 11 is 3.32. The fourth-order valence-electron chi connectivity index (χ4n) is 1.66. The Labute approximate surface area is 136 Å². The van der Waals surface area contributed by atoms with Crippen LogP contribution in [0.25, 0.3) is 0 Å². The van der Waals surface area contributed by atoms with Gasteiger partial charge >= 0.3 is 0 Å². The maximum absolute atomic E-state index is 11.6. The van der Waals surface area contributed by atoms with Crippen LogP contribution in [0, 0.1) is 6.92 Å². The summed E-state index contributed by atoms with van der Waals surface area (Å²) in [5, 5.41) is 13.4. The lowest BCUT2D eigenvalue weighted by Crippen LogP contribution is -2.24. The van der Waals surface area contributed by atoms with Crippen molar-refractivity contribution in [1.82, 2.24) is 5.43 Å². The molecular weight excluding hydrogens is 348 g/mol. The first-order valence-electron chi connectivity index (χ1n) is 6.54. The number of nitrogens with zero attached hydrogens (tertiary/aromatic N) is 1. The standard InChI is InChI=1S/C16H15BrN2O3/c1-11-2-7-15(20)12(8-11)9-18-19-16(21)10-22-14-5-3-13(17)4-6-14/h2-9,20H,10H2,1H3,(H,19,21). The third-order valence-corrected chi connectivity index (χ3v) is 3.29. The SMILES string of the molecule is Cc1ccc(O)c(C=NNC(=O)COc2ccc(Br)cc2)c1. The molecule has 2 aromatic carbocycles. The molecule has 5 nitrogen and oxygen atoms in total. The molecule has 114 valence electrons. The van der Waals surface area contributed by atoms with Crippen LogP contribution in [0.2, 0.25) is 0 Å². The molecule has 0 heterocycles. The van der Waals surface area contributed by atoms with E-state index in [2.05, 4.69) is 26.5 Å². The Kier molecular flexibility index (Phi) is 5.55. The molecule has 0 spiro atoms. The van der Waals surface area contributed by atoms with Crippen LogP contribution in [-0.2, 0) is 4.79 Å². The molecule has 0 atom stereocenters. The molecular formula is C16H15BrN2O3. The number of aryl methyl sites for hydroxylation is 1. The Hall–Kier alpha value is -2.34. The molecule has 0 saturated heterocycles. The van der Waals surface area contributed by atoms with Gasteiger partial charge in [-0.25, -0.2) is 5.43 Å². The van der Waals surface area contributed by atoms with Crippen LogP contribution in [-0.4, -0.2) is 23.8 Å². The highest BCUT2D eigenvalue weighted by atomic mass is 79.9. The number of ether oxygens (including phenoxy) is 1. The summed E-state index contributed by atoms with van der Waals surface area (Å²) in [6, 6.07) is 12.3. The first-order chi connectivity index (χ1) is 10.5. The summed E-state index contributed by atoms with van der Waals surface area (Å²) in [6.45, 7) is 1.76. The molecule has 0 aliphatic rings. The highest BCUT2D eigenvalue weighted by Gasteiger charge is 2.02. The zero-order valence-corrected chi connectivity index (χ0v) is 13.5. The highest BCUT2D eigenvalue weighted by Crippen LogP contribution is 2.16. The Morgan fingerprint density at radius 1 is 1.32 bits per heavy atom. The van der Waals surface area contributed by atoms with Crippen LogP contribution >= 0.6 is 15.9 Å². The zero-order chi connectivity index (χ0) is 15.9. The molecule has 2 rings (SSSR count). The lowest BCUT2D eigenvalue weighted by Gasteiger charge is -2.05. The van der Waals surface area contributed by atoms with Gasteiger partial charge < -0.3 is 9.84 Å². The minimum Gasteiger partial charge on any atom is -0.507 e. The quantitative estimate of drug-likeness (QED) is 0.634. The lowest BCUT2D eigenvalue weighted by atomic mass is 10.1. The molecule has 0 bridgehead atoms. The number of hydrogen-bond acceptors (Lipinski definition) is 4.